The number of aromatic nitrogens is 2. The van der Waals surface area contributed by atoms with Gasteiger partial charge in [0, 0.05) is 11.1 Å². The highest BCUT2D eigenvalue weighted by molar-refractivity contribution is 7.17. The zero-order valence-corrected chi connectivity index (χ0v) is 18.5. The topological polar surface area (TPSA) is 35.0 Å². The first kappa shape index (κ1) is 21.5. The Morgan fingerprint density at radius 2 is 1.28 bits per heavy atom. The van der Waals surface area contributed by atoms with E-state index in [1.807, 2.05) is 12.1 Å². The van der Waals surface area contributed by atoms with Gasteiger partial charge in [0.15, 0.2) is 0 Å². The summed E-state index contributed by atoms with van der Waals surface area (Å²) in [5.74, 6) is 0.914. The number of aryl methyl sites for hydroxylation is 1. The fourth-order valence-electron chi connectivity index (χ4n) is 3.23. The van der Waals surface area contributed by atoms with Crippen molar-refractivity contribution >= 4 is 11.3 Å². The van der Waals surface area contributed by atoms with Crippen LogP contribution in [0.5, 0.6) is 5.75 Å². The maximum Gasteiger partial charge on any atom is 0.148 e. The normalized spacial score (nSPS) is 11.0. The van der Waals surface area contributed by atoms with Crippen LogP contribution in [0.4, 0.5) is 0 Å². The second-order valence-electron chi connectivity index (χ2n) is 7.50. The molecule has 0 aliphatic heterocycles. The van der Waals surface area contributed by atoms with E-state index in [-0.39, 0.29) is 0 Å². The van der Waals surface area contributed by atoms with E-state index < -0.39 is 0 Å². The summed E-state index contributed by atoms with van der Waals surface area (Å²) in [7, 11) is 0. The van der Waals surface area contributed by atoms with Gasteiger partial charge in [-0.05, 0) is 49.1 Å². The second kappa shape index (κ2) is 11.7. The number of benzene rings is 2. The molecule has 0 aliphatic carbocycles. The molecule has 154 valence electrons. The van der Waals surface area contributed by atoms with E-state index in [1.54, 1.807) is 11.3 Å². The van der Waals surface area contributed by atoms with E-state index in [0.717, 1.165) is 52.8 Å². The highest BCUT2D eigenvalue weighted by atomic mass is 32.1. The first-order valence-corrected chi connectivity index (χ1v) is 11.8. The van der Waals surface area contributed by atoms with Crippen LogP contribution in [0.3, 0.4) is 0 Å². The standard InChI is InChI=1S/C25H32N2OS/c1-3-5-7-8-9-10-20-11-13-21(14-12-20)24-26-27-25(29-24)22-15-17-23(18-16-22)28-19-6-4-2/h11-18H,3-10,19H2,1-2H3. The molecule has 0 atom stereocenters. The molecule has 1 aromatic heterocycles. The van der Waals surface area contributed by atoms with E-state index in [2.05, 4.69) is 60.4 Å². The summed E-state index contributed by atoms with van der Waals surface area (Å²) in [6.45, 7) is 5.20. The van der Waals surface area contributed by atoms with Gasteiger partial charge in [-0.1, -0.05) is 81.6 Å². The van der Waals surface area contributed by atoms with E-state index in [4.69, 9.17) is 4.74 Å². The summed E-state index contributed by atoms with van der Waals surface area (Å²) in [6, 6.07) is 17.0. The molecule has 0 amide bonds. The Morgan fingerprint density at radius 3 is 1.90 bits per heavy atom. The quantitative estimate of drug-likeness (QED) is 0.290. The maximum atomic E-state index is 5.74. The van der Waals surface area contributed by atoms with Gasteiger partial charge in [-0.15, -0.1) is 10.2 Å². The maximum absolute atomic E-state index is 5.74. The predicted molar refractivity (Wildman–Crippen MR) is 124 cm³/mol. The summed E-state index contributed by atoms with van der Waals surface area (Å²) in [5, 5.41) is 10.7. The van der Waals surface area contributed by atoms with Gasteiger partial charge in [0.2, 0.25) is 0 Å². The Bertz CT molecular complexity index is 840. The van der Waals surface area contributed by atoms with Crippen LogP contribution < -0.4 is 4.74 Å². The molecule has 0 bridgehead atoms. The lowest BCUT2D eigenvalue weighted by Crippen LogP contribution is -1.95. The van der Waals surface area contributed by atoms with Gasteiger partial charge in [-0.25, -0.2) is 0 Å². The van der Waals surface area contributed by atoms with Crippen LogP contribution in [0, 0.1) is 0 Å². The fourth-order valence-corrected chi connectivity index (χ4v) is 4.09. The Hall–Kier alpha value is -2.20. The molecule has 0 aliphatic rings. The Labute approximate surface area is 179 Å². The Morgan fingerprint density at radius 1 is 0.690 bits per heavy atom. The van der Waals surface area contributed by atoms with Crippen LogP contribution in [0.1, 0.15) is 64.4 Å². The molecule has 3 nitrogen and oxygen atoms in total. The number of nitrogens with zero attached hydrogens (tertiary/aromatic N) is 2. The van der Waals surface area contributed by atoms with Crippen LogP contribution in [-0.4, -0.2) is 16.8 Å². The molecule has 0 fully saturated rings. The van der Waals surface area contributed by atoms with Crippen molar-refractivity contribution in [2.45, 2.75) is 65.2 Å². The smallest absolute Gasteiger partial charge is 0.148 e. The summed E-state index contributed by atoms with van der Waals surface area (Å²) in [5.41, 5.74) is 3.64. The van der Waals surface area contributed by atoms with Crippen molar-refractivity contribution in [3.63, 3.8) is 0 Å². The average molecular weight is 409 g/mol. The predicted octanol–water partition coefficient (Wildman–Crippen LogP) is 7.56. The van der Waals surface area contributed by atoms with Gasteiger partial charge in [0.05, 0.1) is 6.61 Å². The van der Waals surface area contributed by atoms with E-state index in [9.17, 15) is 0 Å². The third-order valence-corrected chi connectivity index (χ3v) is 6.08. The number of hydrogen-bond donors (Lipinski definition) is 0. The molecule has 3 aromatic rings. The summed E-state index contributed by atoms with van der Waals surface area (Å²) < 4.78 is 5.74. The van der Waals surface area contributed by atoms with Crippen LogP contribution in [0.2, 0.25) is 0 Å². The number of unbranched alkanes of at least 4 members (excludes halogenated alkanes) is 5. The van der Waals surface area contributed by atoms with Gasteiger partial charge >= 0.3 is 0 Å². The van der Waals surface area contributed by atoms with Crippen molar-refractivity contribution in [3.05, 3.63) is 54.1 Å². The molecule has 1 heterocycles. The molecule has 0 unspecified atom stereocenters. The second-order valence-corrected chi connectivity index (χ2v) is 8.48. The minimum absolute atomic E-state index is 0.771. The van der Waals surface area contributed by atoms with Crippen LogP contribution >= 0.6 is 11.3 Å². The monoisotopic (exact) mass is 408 g/mol. The summed E-state index contributed by atoms with van der Waals surface area (Å²) in [4.78, 5) is 0. The largest absolute Gasteiger partial charge is 0.494 e. The van der Waals surface area contributed by atoms with Crippen molar-refractivity contribution in [2.24, 2.45) is 0 Å². The highest BCUT2D eigenvalue weighted by Gasteiger charge is 2.09. The molecule has 0 spiro atoms. The summed E-state index contributed by atoms with van der Waals surface area (Å²) in [6.07, 6.45) is 10.0. The highest BCUT2D eigenvalue weighted by Crippen LogP contribution is 2.31. The van der Waals surface area contributed by atoms with Crippen molar-refractivity contribution in [1.82, 2.24) is 10.2 Å². The van der Waals surface area contributed by atoms with Crippen molar-refractivity contribution in [1.29, 1.82) is 0 Å². The molecular formula is C25H32N2OS. The lowest BCUT2D eigenvalue weighted by atomic mass is 10.0. The minimum Gasteiger partial charge on any atom is -0.494 e. The first-order valence-electron chi connectivity index (χ1n) is 11.0. The molecule has 0 N–H and O–H groups in total. The van der Waals surface area contributed by atoms with Crippen molar-refractivity contribution in [3.8, 4) is 26.9 Å². The van der Waals surface area contributed by atoms with Crippen LogP contribution in [0.15, 0.2) is 48.5 Å². The van der Waals surface area contributed by atoms with Gasteiger partial charge in [-0.2, -0.15) is 0 Å². The molecule has 2 aromatic carbocycles. The lowest BCUT2D eigenvalue weighted by molar-refractivity contribution is 0.309. The third-order valence-electron chi connectivity index (χ3n) is 5.06. The average Bonchev–Trinajstić information content (AvgIpc) is 3.25. The zero-order chi connectivity index (χ0) is 20.3. The molecule has 29 heavy (non-hydrogen) atoms. The van der Waals surface area contributed by atoms with Crippen LogP contribution in [0.25, 0.3) is 21.1 Å². The molecule has 3 rings (SSSR count). The van der Waals surface area contributed by atoms with Gasteiger partial charge in [0.25, 0.3) is 0 Å². The molecule has 4 heteroatoms. The summed E-state index contributed by atoms with van der Waals surface area (Å²) >= 11 is 1.64. The Kier molecular flexibility index (Phi) is 8.69. The molecule has 0 saturated heterocycles. The van der Waals surface area contributed by atoms with Crippen molar-refractivity contribution < 1.29 is 4.74 Å². The minimum atomic E-state index is 0.771. The lowest BCUT2D eigenvalue weighted by Gasteiger charge is -2.05. The molecule has 0 saturated carbocycles. The fraction of sp³-hybridized carbons (Fsp3) is 0.440. The van der Waals surface area contributed by atoms with E-state index in [0.29, 0.717) is 0 Å². The first-order chi connectivity index (χ1) is 14.3. The Balaban J connectivity index is 1.56. The van der Waals surface area contributed by atoms with Gasteiger partial charge in [0.1, 0.15) is 15.8 Å². The number of hydrogen-bond acceptors (Lipinski definition) is 4. The van der Waals surface area contributed by atoms with E-state index >= 15 is 0 Å². The zero-order valence-electron chi connectivity index (χ0n) is 17.7. The number of rotatable bonds is 12. The van der Waals surface area contributed by atoms with Crippen LogP contribution in [-0.2, 0) is 6.42 Å². The third kappa shape index (κ3) is 6.67. The van der Waals surface area contributed by atoms with Gasteiger partial charge < -0.3 is 4.74 Å². The van der Waals surface area contributed by atoms with Crippen molar-refractivity contribution in [2.75, 3.05) is 6.61 Å². The molecule has 0 radical (unpaired) electrons. The van der Waals surface area contributed by atoms with E-state index in [1.165, 1.54) is 37.7 Å². The molecular weight excluding hydrogens is 376 g/mol. The SMILES string of the molecule is CCCCCCCc1ccc(-c2nnc(-c3ccc(OCCCC)cc3)s2)cc1. The van der Waals surface area contributed by atoms with Gasteiger partial charge in [-0.3, -0.25) is 0 Å². The number of ether oxygens (including phenoxy) is 1.